The molecule has 0 amide bonds. The Morgan fingerprint density at radius 2 is 1.62 bits per heavy atom. The van der Waals surface area contributed by atoms with Crippen molar-refractivity contribution in [3.8, 4) is 0 Å². The molecule has 0 bridgehead atoms. The topological polar surface area (TPSA) is 9.23 Å². The highest BCUT2D eigenvalue weighted by Crippen LogP contribution is 2.32. The normalized spacial score (nSPS) is 23.1. The highest BCUT2D eigenvalue weighted by Gasteiger charge is 2.26. The predicted octanol–water partition coefficient (Wildman–Crippen LogP) is 3.53. The second-order valence-electron chi connectivity index (χ2n) is 5.33. The molecule has 0 radical (unpaired) electrons. The summed E-state index contributed by atoms with van der Waals surface area (Å²) < 4.78 is 6.25. The Balaban J connectivity index is 2.33. The first-order valence-electron chi connectivity index (χ1n) is 5.67. The number of rotatable bonds is 3. The van der Waals surface area contributed by atoms with Crippen LogP contribution in [0.4, 0.5) is 0 Å². The standard InChI is InChI=1S/C10H24OSi2/c1-12(11-13(2,3)4)10-8-6-5-7-9-10/h10,12H,5-9H2,1-4H3. The van der Waals surface area contributed by atoms with Crippen LogP contribution in [-0.2, 0) is 4.12 Å². The van der Waals surface area contributed by atoms with Crippen LogP contribution in [0.2, 0.25) is 31.7 Å². The summed E-state index contributed by atoms with van der Waals surface area (Å²) in [5, 5.41) is 0. The van der Waals surface area contributed by atoms with E-state index in [1.165, 1.54) is 32.1 Å². The summed E-state index contributed by atoms with van der Waals surface area (Å²) in [5.41, 5.74) is 0.987. The SMILES string of the molecule is C[SiH](O[Si](C)(C)C)C1CCCCC1. The molecule has 0 aromatic carbocycles. The maximum Gasteiger partial charge on any atom is 0.170 e. The average molecular weight is 216 g/mol. The fraction of sp³-hybridized carbons (Fsp3) is 1.00. The fourth-order valence-electron chi connectivity index (χ4n) is 2.26. The van der Waals surface area contributed by atoms with Crippen molar-refractivity contribution in [2.24, 2.45) is 0 Å². The minimum atomic E-state index is -1.24. The third-order valence-corrected chi connectivity index (χ3v) is 9.16. The van der Waals surface area contributed by atoms with E-state index in [9.17, 15) is 0 Å². The molecule has 3 heteroatoms. The van der Waals surface area contributed by atoms with Crippen LogP contribution < -0.4 is 0 Å². The quantitative estimate of drug-likeness (QED) is 0.656. The van der Waals surface area contributed by atoms with Crippen molar-refractivity contribution in [2.75, 3.05) is 0 Å². The molecule has 13 heavy (non-hydrogen) atoms. The average Bonchev–Trinajstić information content (AvgIpc) is 2.03. The Labute approximate surface area is 85.7 Å². The summed E-state index contributed by atoms with van der Waals surface area (Å²) >= 11 is 0. The van der Waals surface area contributed by atoms with Gasteiger partial charge in [0.05, 0.1) is 0 Å². The molecule has 1 fully saturated rings. The van der Waals surface area contributed by atoms with Crippen molar-refractivity contribution in [1.82, 2.24) is 0 Å². The van der Waals surface area contributed by atoms with Gasteiger partial charge in [-0.1, -0.05) is 32.1 Å². The van der Waals surface area contributed by atoms with Gasteiger partial charge >= 0.3 is 0 Å². The second-order valence-corrected chi connectivity index (χ2v) is 12.9. The first kappa shape index (κ1) is 11.5. The van der Waals surface area contributed by atoms with E-state index in [2.05, 4.69) is 26.2 Å². The van der Waals surface area contributed by atoms with Crippen LogP contribution in [-0.4, -0.2) is 17.4 Å². The molecule has 78 valence electrons. The van der Waals surface area contributed by atoms with Gasteiger partial charge in [0.25, 0.3) is 0 Å². The summed E-state index contributed by atoms with van der Waals surface area (Å²) in [6.45, 7) is 9.37. The Morgan fingerprint density at radius 1 is 1.08 bits per heavy atom. The number of hydrogen-bond donors (Lipinski definition) is 0. The summed E-state index contributed by atoms with van der Waals surface area (Å²) in [4.78, 5) is 0. The minimum Gasteiger partial charge on any atom is -0.458 e. The van der Waals surface area contributed by atoms with Gasteiger partial charge in [-0.25, -0.2) is 0 Å². The first-order chi connectivity index (χ1) is 5.99. The van der Waals surface area contributed by atoms with Gasteiger partial charge in [-0.2, -0.15) is 0 Å². The molecule has 0 saturated heterocycles. The summed E-state index contributed by atoms with van der Waals surface area (Å²) in [7, 11) is -2.09. The molecule has 1 nitrogen and oxygen atoms in total. The molecule has 0 heterocycles. The Morgan fingerprint density at radius 3 is 2.08 bits per heavy atom. The third kappa shape index (κ3) is 4.43. The molecule has 0 aliphatic heterocycles. The van der Waals surface area contributed by atoms with Gasteiger partial charge in [-0.3, -0.25) is 0 Å². The highest BCUT2D eigenvalue weighted by atomic mass is 28.4. The molecule has 1 saturated carbocycles. The molecule has 1 aliphatic carbocycles. The van der Waals surface area contributed by atoms with Crippen molar-refractivity contribution < 1.29 is 4.12 Å². The monoisotopic (exact) mass is 216 g/mol. The van der Waals surface area contributed by atoms with Gasteiger partial charge in [0, 0.05) is 0 Å². The largest absolute Gasteiger partial charge is 0.458 e. The van der Waals surface area contributed by atoms with Gasteiger partial charge < -0.3 is 4.12 Å². The molecule has 0 aromatic rings. The second kappa shape index (κ2) is 4.76. The van der Waals surface area contributed by atoms with Gasteiger partial charge in [0.15, 0.2) is 17.4 Å². The molecule has 0 N–H and O–H groups in total. The van der Waals surface area contributed by atoms with Crippen molar-refractivity contribution in [1.29, 1.82) is 0 Å². The Kier molecular flexibility index (Phi) is 4.20. The zero-order chi connectivity index (χ0) is 9.90. The lowest BCUT2D eigenvalue weighted by molar-refractivity contribution is 0.455. The van der Waals surface area contributed by atoms with E-state index in [0.717, 1.165) is 5.54 Å². The van der Waals surface area contributed by atoms with Gasteiger partial charge in [0.2, 0.25) is 0 Å². The van der Waals surface area contributed by atoms with Crippen LogP contribution in [0.5, 0.6) is 0 Å². The van der Waals surface area contributed by atoms with Crippen molar-refractivity contribution in [2.45, 2.75) is 63.8 Å². The van der Waals surface area contributed by atoms with E-state index >= 15 is 0 Å². The summed E-state index contributed by atoms with van der Waals surface area (Å²) in [6.07, 6.45) is 7.29. The minimum absolute atomic E-state index is 0.847. The van der Waals surface area contributed by atoms with Crippen LogP contribution in [0.3, 0.4) is 0 Å². The zero-order valence-electron chi connectivity index (χ0n) is 9.60. The van der Waals surface area contributed by atoms with E-state index < -0.39 is 17.4 Å². The zero-order valence-corrected chi connectivity index (χ0v) is 11.8. The van der Waals surface area contributed by atoms with Gasteiger partial charge in [-0.05, 0) is 31.7 Å². The molecule has 1 aliphatic rings. The van der Waals surface area contributed by atoms with E-state index in [-0.39, 0.29) is 0 Å². The molecule has 1 atom stereocenters. The molecular weight excluding hydrogens is 192 g/mol. The Hall–Kier alpha value is 0.394. The molecule has 0 aromatic heterocycles. The number of hydrogen-bond acceptors (Lipinski definition) is 1. The summed E-state index contributed by atoms with van der Waals surface area (Å²) in [5.74, 6) is 0. The fourth-order valence-corrected chi connectivity index (χ4v) is 8.90. The lowest BCUT2D eigenvalue weighted by atomic mass is 10.0. The van der Waals surface area contributed by atoms with Crippen LogP contribution in [0.1, 0.15) is 32.1 Å². The van der Waals surface area contributed by atoms with Crippen LogP contribution in [0.25, 0.3) is 0 Å². The maximum absolute atomic E-state index is 6.25. The van der Waals surface area contributed by atoms with E-state index in [1.807, 2.05) is 0 Å². The van der Waals surface area contributed by atoms with Gasteiger partial charge in [-0.15, -0.1) is 0 Å². The molecule has 0 spiro atoms. The predicted molar refractivity (Wildman–Crippen MR) is 64.3 cm³/mol. The molecular formula is C10H24OSi2. The first-order valence-corrected chi connectivity index (χ1v) is 11.4. The lowest BCUT2D eigenvalue weighted by Gasteiger charge is -2.31. The maximum atomic E-state index is 6.25. The van der Waals surface area contributed by atoms with E-state index in [1.54, 1.807) is 0 Å². The molecule has 1 unspecified atom stereocenters. The smallest absolute Gasteiger partial charge is 0.170 e. The van der Waals surface area contributed by atoms with Crippen LogP contribution in [0.15, 0.2) is 0 Å². The van der Waals surface area contributed by atoms with Crippen molar-refractivity contribution in [3.63, 3.8) is 0 Å². The van der Waals surface area contributed by atoms with E-state index in [0.29, 0.717) is 0 Å². The van der Waals surface area contributed by atoms with Crippen LogP contribution in [0, 0.1) is 0 Å². The lowest BCUT2D eigenvalue weighted by Crippen LogP contribution is -2.36. The highest BCUT2D eigenvalue weighted by molar-refractivity contribution is 6.77. The Bertz CT molecular complexity index is 147. The van der Waals surface area contributed by atoms with Crippen LogP contribution >= 0.6 is 0 Å². The molecule has 1 rings (SSSR count). The van der Waals surface area contributed by atoms with Crippen molar-refractivity contribution in [3.05, 3.63) is 0 Å². The van der Waals surface area contributed by atoms with E-state index in [4.69, 9.17) is 4.12 Å². The third-order valence-electron chi connectivity index (χ3n) is 2.85. The summed E-state index contributed by atoms with van der Waals surface area (Å²) in [6, 6.07) is 0. The van der Waals surface area contributed by atoms with Gasteiger partial charge in [0.1, 0.15) is 0 Å². The van der Waals surface area contributed by atoms with Crippen molar-refractivity contribution >= 4 is 17.4 Å².